The summed E-state index contributed by atoms with van der Waals surface area (Å²) >= 11 is 0. The summed E-state index contributed by atoms with van der Waals surface area (Å²) in [5.41, 5.74) is 1.69. The summed E-state index contributed by atoms with van der Waals surface area (Å²) in [5.74, 6) is 0.587. The molecule has 29 heavy (non-hydrogen) atoms. The van der Waals surface area contributed by atoms with Crippen molar-refractivity contribution in [1.29, 1.82) is 0 Å². The van der Waals surface area contributed by atoms with Gasteiger partial charge in [-0.2, -0.15) is 0 Å². The normalized spacial score (nSPS) is 13.9. The van der Waals surface area contributed by atoms with E-state index in [1.54, 1.807) is 18.5 Å². The molecule has 0 radical (unpaired) electrons. The molecule has 0 aliphatic rings. The average Bonchev–Trinajstić information content (AvgIpc) is 2.63. The maximum absolute atomic E-state index is 12.0. The average molecular weight is 437 g/mol. The van der Waals surface area contributed by atoms with Gasteiger partial charge in [0.05, 0.1) is 18.9 Å². The summed E-state index contributed by atoms with van der Waals surface area (Å²) in [6, 6.07) is 11.0. The Labute approximate surface area is 175 Å². The Kier molecular flexibility index (Phi) is 7.61. The molecule has 0 spiro atoms. The highest BCUT2D eigenvalue weighted by Crippen LogP contribution is 2.37. The fourth-order valence-electron chi connectivity index (χ4n) is 2.48. The summed E-state index contributed by atoms with van der Waals surface area (Å²) < 4.78 is 39.0. The molecule has 2 aromatic rings. The van der Waals surface area contributed by atoms with Gasteiger partial charge in [-0.3, -0.25) is 4.98 Å². The quantitative estimate of drug-likeness (QED) is 0.594. The molecule has 160 valence electrons. The molecule has 1 heterocycles. The van der Waals surface area contributed by atoms with Gasteiger partial charge in [0, 0.05) is 18.0 Å². The third-order valence-corrected chi connectivity index (χ3v) is 10.4. The molecule has 0 fully saturated rings. The molecule has 0 aliphatic heterocycles. The van der Waals surface area contributed by atoms with Crippen LogP contribution >= 0.6 is 0 Å². The lowest BCUT2D eigenvalue weighted by Crippen LogP contribution is -2.43. The fraction of sp³-hybridized carbons (Fsp3) is 0.476. The van der Waals surface area contributed by atoms with Gasteiger partial charge in [0.1, 0.15) is 12.4 Å². The molecule has 1 aromatic carbocycles. The smallest absolute Gasteiger partial charge is 0.209 e. The van der Waals surface area contributed by atoms with Gasteiger partial charge in [-0.05, 0) is 29.8 Å². The standard InChI is InChI=1S/C21H32N2O4SSi/c1-21(2,3)29(5,6)27-16-19(23-28(4,24)25)18-14-22-13-12-20(18)26-15-17-10-8-7-9-11-17/h7-14,19,23H,15-16H2,1-6H3. The van der Waals surface area contributed by atoms with Crippen LogP contribution in [0.5, 0.6) is 5.75 Å². The Morgan fingerprint density at radius 1 is 1.14 bits per heavy atom. The van der Waals surface area contributed by atoms with E-state index < -0.39 is 24.4 Å². The largest absolute Gasteiger partial charge is 0.488 e. The monoisotopic (exact) mass is 436 g/mol. The van der Waals surface area contributed by atoms with Crippen LogP contribution in [0, 0.1) is 0 Å². The molecular formula is C21H32N2O4SSi. The van der Waals surface area contributed by atoms with Crippen molar-refractivity contribution in [2.24, 2.45) is 0 Å². The number of sulfonamides is 1. The van der Waals surface area contributed by atoms with E-state index in [1.807, 2.05) is 30.3 Å². The Balaban J connectivity index is 2.26. The minimum Gasteiger partial charge on any atom is -0.488 e. The van der Waals surface area contributed by atoms with Crippen LogP contribution in [0.25, 0.3) is 0 Å². The predicted octanol–water partition coefficient (Wildman–Crippen LogP) is 4.27. The Hall–Kier alpha value is -1.74. The van der Waals surface area contributed by atoms with Gasteiger partial charge in [-0.25, -0.2) is 13.1 Å². The van der Waals surface area contributed by atoms with Crippen LogP contribution < -0.4 is 9.46 Å². The Morgan fingerprint density at radius 2 is 1.79 bits per heavy atom. The number of benzene rings is 1. The summed E-state index contributed by atoms with van der Waals surface area (Å²) in [5, 5.41) is 0.0181. The van der Waals surface area contributed by atoms with Crippen LogP contribution in [0.1, 0.15) is 37.9 Å². The molecule has 0 saturated carbocycles. The lowest BCUT2D eigenvalue weighted by Gasteiger charge is -2.37. The first-order valence-corrected chi connectivity index (χ1v) is 14.4. The minimum atomic E-state index is -3.46. The van der Waals surface area contributed by atoms with E-state index >= 15 is 0 Å². The van der Waals surface area contributed by atoms with Gasteiger partial charge in [0.25, 0.3) is 0 Å². The zero-order valence-electron chi connectivity index (χ0n) is 18.1. The molecule has 2 rings (SSSR count). The lowest BCUT2D eigenvalue weighted by molar-refractivity contribution is 0.248. The van der Waals surface area contributed by atoms with Crippen LogP contribution in [0.15, 0.2) is 48.8 Å². The summed E-state index contributed by atoms with van der Waals surface area (Å²) in [6.07, 6.45) is 4.42. The van der Waals surface area contributed by atoms with Crippen molar-refractivity contribution in [3.8, 4) is 5.75 Å². The number of aromatic nitrogens is 1. The van der Waals surface area contributed by atoms with Crippen molar-refractivity contribution in [2.75, 3.05) is 12.9 Å². The molecule has 1 aromatic heterocycles. The van der Waals surface area contributed by atoms with Crippen molar-refractivity contribution < 1.29 is 17.6 Å². The minimum absolute atomic E-state index is 0.0181. The molecule has 8 heteroatoms. The number of nitrogens with one attached hydrogen (secondary N) is 1. The first-order chi connectivity index (χ1) is 13.4. The van der Waals surface area contributed by atoms with Crippen LogP contribution in [0.4, 0.5) is 0 Å². The van der Waals surface area contributed by atoms with E-state index in [4.69, 9.17) is 9.16 Å². The van der Waals surface area contributed by atoms with Crippen molar-refractivity contribution in [1.82, 2.24) is 9.71 Å². The van der Waals surface area contributed by atoms with E-state index in [2.05, 4.69) is 43.6 Å². The van der Waals surface area contributed by atoms with Gasteiger partial charge < -0.3 is 9.16 Å². The maximum atomic E-state index is 12.0. The van der Waals surface area contributed by atoms with Crippen molar-refractivity contribution in [2.45, 2.75) is 51.6 Å². The lowest BCUT2D eigenvalue weighted by atomic mass is 10.1. The summed E-state index contributed by atoms with van der Waals surface area (Å²) in [6.45, 7) is 11.3. The molecule has 1 atom stereocenters. The molecular weight excluding hydrogens is 404 g/mol. The van der Waals surface area contributed by atoms with E-state index in [1.165, 1.54) is 0 Å². The second-order valence-electron chi connectivity index (χ2n) is 8.70. The Bertz CT molecular complexity index is 896. The van der Waals surface area contributed by atoms with Crippen LogP contribution in [-0.2, 0) is 21.1 Å². The maximum Gasteiger partial charge on any atom is 0.209 e. The SMILES string of the molecule is CC(C)(C)[Si](C)(C)OCC(NS(C)(=O)=O)c1cnccc1OCc1ccccc1. The molecule has 0 amide bonds. The molecule has 0 saturated heterocycles. The van der Waals surface area contributed by atoms with Gasteiger partial charge in [0.15, 0.2) is 8.32 Å². The highest BCUT2D eigenvalue weighted by atomic mass is 32.2. The number of hydrogen-bond donors (Lipinski definition) is 1. The molecule has 1 N–H and O–H groups in total. The number of hydrogen-bond acceptors (Lipinski definition) is 5. The van der Waals surface area contributed by atoms with Crippen LogP contribution in [0.2, 0.25) is 18.1 Å². The summed E-state index contributed by atoms with van der Waals surface area (Å²) in [7, 11) is -5.52. The second kappa shape index (κ2) is 9.38. The molecule has 1 unspecified atom stereocenters. The number of nitrogens with zero attached hydrogens (tertiary/aromatic N) is 1. The first kappa shape index (κ1) is 23.5. The van der Waals surface area contributed by atoms with Gasteiger partial charge >= 0.3 is 0 Å². The highest BCUT2D eigenvalue weighted by molar-refractivity contribution is 7.88. The number of ether oxygens (including phenoxy) is 1. The van der Waals surface area contributed by atoms with E-state index in [-0.39, 0.29) is 11.6 Å². The number of pyridine rings is 1. The summed E-state index contributed by atoms with van der Waals surface area (Å²) in [4.78, 5) is 4.19. The van der Waals surface area contributed by atoms with Crippen molar-refractivity contribution >= 4 is 18.3 Å². The van der Waals surface area contributed by atoms with Gasteiger partial charge in [-0.1, -0.05) is 51.1 Å². The molecule has 0 aliphatic carbocycles. The third kappa shape index (κ3) is 7.22. The zero-order chi connectivity index (χ0) is 21.7. The van der Waals surface area contributed by atoms with E-state index in [9.17, 15) is 8.42 Å². The van der Waals surface area contributed by atoms with Crippen molar-refractivity contribution in [3.05, 3.63) is 59.9 Å². The highest BCUT2D eigenvalue weighted by Gasteiger charge is 2.38. The van der Waals surface area contributed by atoms with Gasteiger partial charge in [-0.15, -0.1) is 0 Å². The number of rotatable bonds is 9. The fourth-order valence-corrected chi connectivity index (χ4v) is 4.20. The van der Waals surface area contributed by atoms with Crippen molar-refractivity contribution in [3.63, 3.8) is 0 Å². The first-order valence-electron chi connectivity index (χ1n) is 9.61. The predicted molar refractivity (Wildman–Crippen MR) is 119 cm³/mol. The Morgan fingerprint density at radius 3 is 2.38 bits per heavy atom. The van der Waals surface area contributed by atoms with Crippen LogP contribution in [0.3, 0.4) is 0 Å². The van der Waals surface area contributed by atoms with E-state index in [0.29, 0.717) is 17.9 Å². The zero-order valence-corrected chi connectivity index (χ0v) is 19.9. The topological polar surface area (TPSA) is 77.5 Å². The van der Waals surface area contributed by atoms with Crippen LogP contribution in [-0.4, -0.2) is 34.6 Å². The van der Waals surface area contributed by atoms with Gasteiger partial charge in [0.2, 0.25) is 10.0 Å². The molecule has 0 bridgehead atoms. The second-order valence-corrected chi connectivity index (χ2v) is 15.3. The third-order valence-electron chi connectivity index (χ3n) is 5.20. The molecule has 6 nitrogen and oxygen atoms in total. The van der Waals surface area contributed by atoms with E-state index in [0.717, 1.165) is 11.8 Å².